The predicted molar refractivity (Wildman–Crippen MR) is 91.4 cm³/mol. The number of halogens is 1. The summed E-state index contributed by atoms with van der Waals surface area (Å²) in [5, 5.41) is 3.62. The molecule has 0 aromatic heterocycles. The van der Waals surface area contributed by atoms with E-state index in [1.165, 1.54) is 24.1 Å². The summed E-state index contributed by atoms with van der Waals surface area (Å²) >= 11 is 0. The summed E-state index contributed by atoms with van der Waals surface area (Å²) in [5.41, 5.74) is 1.85. The van der Waals surface area contributed by atoms with E-state index in [-0.39, 0.29) is 11.7 Å². The molecule has 24 heavy (non-hydrogen) atoms. The van der Waals surface area contributed by atoms with Gasteiger partial charge in [0, 0.05) is 43.1 Å². The Morgan fingerprint density at radius 2 is 1.92 bits per heavy atom. The van der Waals surface area contributed by atoms with E-state index >= 15 is 0 Å². The number of hydrogen-bond donors (Lipinski definition) is 1. The normalized spacial score (nSPS) is 23.0. The minimum absolute atomic E-state index is 0.0701. The Balaban J connectivity index is 1.21. The largest absolute Gasteiger partial charge is 0.338 e. The van der Waals surface area contributed by atoms with Crippen molar-refractivity contribution >= 4 is 5.91 Å². The molecule has 1 saturated heterocycles. The molecule has 3 nitrogen and oxygen atoms in total. The van der Waals surface area contributed by atoms with E-state index < -0.39 is 0 Å². The summed E-state index contributed by atoms with van der Waals surface area (Å²) in [4.78, 5) is 14.0. The van der Waals surface area contributed by atoms with Gasteiger partial charge >= 0.3 is 0 Å². The smallest absolute Gasteiger partial charge is 0.253 e. The van der Waals surface area contributed by atoms with E-state index in [4.69, 9.17) is 0 Å². The van der Waals surface area contributed by atoms with E-state index in [0.29, 0.717) is 23.4 Å². The molecule has 1 aliphatic carbocycles. The molecule has 0 unspecified atom stereocenters. The van der Waals surface area contributed by atoms with Crippen molar-refractivity contribution in [1.82, 2.24) is 10.2 Å². The van der Waals surface area contributed by atoms with Crippen LogP contribution >= 0.6 is 0 Å². The number of carbonyl (C=O) groups excluding carboxylic acids is 1. The molecule has 1 amide bonds. The van der Waals surface area contributed by atoms with Crippen LogP contribution in [0, 0.1) is 11.7 Å². The van der Waals surface area contributed by atoms with Crippen LogP contribution in [-0.2, 0) is 0 Å². The zero-order valence-electron chi connectivity index (χ0n) is 13.5. The number of hydrogen-bond acceptors (Lipinski definition) is 2. The maximum Gasteiger partial charge on any atom is 0.253 e. The molecular formula is C20H21FN2O. The molecule has 2 atom stereocenters. The summed E-state index contributed by atoms with van der Waals surface area (Å²) < 4.78 is 13.2. The second-order valence-electron chi connectivity index (χ2n) is 6.85. The van der Waals surface area contributed by atoms with Gasteiger partial charge in [-0.2, -0.15) is 0 Å². The number of nitrogens with zero attached hydrogens (tertiary/aromatic N) is 1. The first-order valence-electron chi connectivity index (χ1n) is 8.54. The summed E-state index contributed by atoms with van der Waals surface area (Å²) in [6, 6.07) is 17.1. The Labute approximate surface area is 141 Å². The van der Waals surface area contributed by atoms with Gasteiger partial charge in [-0.3, -0.25) is 4.79 Å². The van der Waals surface area contributed by atoms with E-state index in [1.807, 2.05) is 6.07 Å². The van der Waals surface area contributed by atoms with Crippen molar-refractivity contribution in [2.45, 2.75) is 18.4 Å². The lowest BCUT2D eigenvalue weighted by Gasteiger charge is -2.39. The summed E-state index contributed by atoms with van der Waals surface area (Å²) in [5.74, 6) is 0.704. The van der Waals surface area contributed by atoms with Crippen molar-refractivity contribution in [3.05, 3.63) is 71.5 Å². The zero-order valence-corrected chi connectivity index (χ0v) is 13.5. The molecule has 4 rings (SSSR count). The Morgan fingerprint density at radius 1 is 1.12 bits per heavy atom. The average molecular weight is 324 g/mol. The molecule has 2 aromatic rings. The second-order valence-corrected chi connectivity index (χ2v) is 6.85. The molecule has 124 valence electrons. The van der Waals surface area contributed by atoms with Crippen molar-refractivity contribution in [2.24, 2.45) is 5.92 Å². The maximum absolute atomic E-state index is 13.2. The molecule has 2 aliphatic rings. The Kier molecular flexibility index (Phi) is 4.07. The molecule has 0 spiro atoms. The van der Waals surface area contributed by atoms with Crippen LogP contribution in [0.4, 0.5) is 4.39 Å². The fraction of sp³-hybridized carbons (Fsp3) is 0.350. The summed E-state index contributed by atoms with van der Waals surface area (Å²) in [6.45, 7) is 2.46. The van der Waals surface area contributed by atoms with Crippen molar-refractivity contribution in [1.29, 1.82) is 0 Å². The van der Waals surface area contributed by atoms with Crippen LogP contribution in [0.1, 0.15) is 28.3 Å². The van der Waals surface area contributed by atoms with Crippen LogP contribution in [0.25, 0.3) is 0 Å². The van der Waals surface area contributed by atoms with Gasteiger partial charge in [-0.05, 0) is 30.2 Å². The first-order chi connectivity index (χ1) is 11.7. The quantitative estimate of drug-likeness (QED) is 0.917. The Morgan fingerprint density at radius 3 is 2.67 bits per heavy atom. The molecule has 2 fully saturated rings. The first-order valence-corrected chi connectivity index (χ1v) is 8.54. The van der Waals surface area contributed by atoms with Gasteiger partial charge < -0.3 is 10.2 Å². The van der Waals surface area contributed by atoms with E-state index in [1.54, 1.807) is 17.0 Å². The van der Waals surface area contributed by atoms with Crippen LogP contribution in [-0.4, -0.2) is 36.5 Å². The van der Waals surface area contributed by atoms with Crippen LogP contribution in [0.5, 0.6) is 0 Å². The van der Waals surface area contributed by atoms with Gasteiger partial charge in [-0.15, -0.1) is 0 Å². The van der Waals surface area contributed by atoms with Gasteiger partial charge in [0.1, 0.15) is 5.82 Å². The van der Waals surface area contributed by atoms with Gasteiger partial charge in [0.05, 0.1) is 0 Å². The minimum atomic E-state index is -0.361. The highest BCUT2D eigenvalue weighted by Gasteiger charge is 2.39. The number of amides is 1. The first kappa shape index (κ1) is 15.3. The van der Waals surface area contributed by atoms with E-state index in [9.17, 15) is 9.18 Å². The lowest BCUT2D eigenvalue weighted by molar-refractivity contribution is 0.0499. The maximum atomic E-state index is 13.2. The van der Waals surface area contributed by atoms with Crippen molar-refractivity contribution in [3.8, 4) is 0 Å². The van der Waals surface area contributed by atoms with Gasteiger partial charge in [0.2, 0.25) is 0 Å². The molecular weight excluding hydrogens is 303 g/mol. The van der Waals surface area contributed by atoms with E-state index in [0.717, 1.165) is 19.6 Å². The molecule has 1 heterocycles. The third-order valence-corrected chi connectivity index (χ3v) is 5.00. The summed E-state index contributed by atoms with van der Waals surface area (Å²) in [6.07, 6.45) is 1.20. The molecule has 0 bridgehead atoms. The molecule has 1 aliphatic heterocycles. The fourth-order valence-electron chi connectivity index (χ4n) is 3.48. The highest BCUT2D eigenvalue weighted by atomic mass is 19.1. The second kappa shape index (κ2) is 6.36. The molecule has 1 saturated carbocycles. The monoisotopic (exact) mass is 324 g/mol. The van der Waals surface area contributed by atoms with Gasteiger partial charge in [-0.1, -0.05) is 36.4 Å². The SMILES string of the molecule is O=C(c1cccc(F)c1)N1CC(CN[C@@H]2C[C@H]2c2ccccc2)C1. The van der Waals surface area contributed by atoms with Gasteiger partial charge in [0.25, 0.3) is 5.91 Å². The Hall–Kier alpha value is -2.20. The third-order valence-electron chi connectivity index (χ3n) is 5.00. The number of rotatable bonds is 5. The van der Waals surface area contributed by atoms with Gasteiger partial charge in [-0.25, -0.2) is 4.39 Å². The average Bonchev–Trinajstić information content (AvgIpc) is 3.33. The number of carbonyl (C=O) groups is 1. The predicted octanol–water partition coefficient (Wildman–Crippen LogP) is 3.04. The van der Waals surface area contributed by atoms with Crippen molar-refractivity contribution in [2.75, 3.05) is 19.6 Å². The van der Waals surface area contributed by atoms with Crippen molar-refractivity contribution in [3.63, 3.8) is 0 Å². The molecule has 2 aromatic carbocycles. The van der Waals surface area contributed by atoms with Crippen LogP contribution in [0.15, 0.2) is 54.6 Å². The molecule has 1 N–H and O–H groups in total. The number of benzene rings is 2. The number of nitrogens with one attached hydrogen (secondary N) is 1. The molecule has 0 radical (unpaired) electrons. The zero-order chi connectivity index (χ0) is 16.5. The Bertz CT molecular complexity index is 727. The lowest BCUT2D eigenvalue weighted by Crippen LogP contribution is -2.53. The van der Waals surface area contributed by atoms with E-state index in [2.05, 4.69) is 29.6 Å². The highest BCUT2D eigenvalue weighted by Crippen LogP contribution is 2.40. The van der Waals surface area contributed by atoms with Crippen LogP contribution in [0.2, 0.25) is 0 Å². The third kappa shape index (κ3) is 3.20. The summed E-state index contributed by atoms with van der Waals surface area (Å²) in [7, 11) is 0. The molecule has 4 heteroatoms. The fourth-order valence-corrected chi connectivity index (χ4v) is 3.48. The number of likely N-dealkylation sites (tertiary alicyclic amines) is 1. The topological polar surface area (TPSA) is 32.3 Å². The van der Waals surface area contributed by atoms with Crippen LogP contribution < -0.4 is 5.32 Å². The van der Waals surface area contributed by atoms with Gasteiger partial charge in [0.15, 0.2) is 0 Å². The lowest BCUT2D eigenvalue weighted by atomic mass is 9.98. The van der Waals surface area contributed by atoms with Crippen molar-refractivity contribution < 1.29 is 9.18 Å². The standard InChI is InChI=1S/C20H21FN2O/c21-17-8-4-7-16(9-17)20(24)23-12-14(13-23)11-22-19-10-18(19)15-5-2-1-3-6-15/h1-9,14,18-19,22H,10-13H2/t18-,19+/m0/s1. The highest BCUT2D eigenvalue weighted by molar-refractivity contribution is 5.94. The minimum Gasteiger partial charge on any atom is -0.338 e. The van der Waals surface area contributed by atoms with Crippen LogP contribution in [0.3, 0.4) is 0 Å².